The molecule has 0 spiro atoms. The first-order valence-corrected chi connectivity index (χ1v) is 10.8. The Bertz CT molecular complexity index is 1020. The molecule has 1 unspecified atom stereocenters. The maximum absolute atomic E-state index is 12.5. The molecule has 0 aliphatic carbocycles. The lowest BCUT2D eigenvalue weighted by Crippen LogP contribution is -2.33. The number of nitrogens with zero attached hydrogens (tertiary/aromatic N) is 3. The molecule has 1 atom stereocenters. The van der Waals surface area contributed by atoms with Crippen molar-refractivity contribution in [3.05, 3.63) is 41.2 Å². The minimum Gasteiger partial charge on any atom is -0.483 e. The fraction of sp³-hybridized carbons (Fsp3) is 0.381. The van der Waals surface area contributed by atoms with Crippen molar-refractivity contribution in [2.75, 3.05) is 18.0 Å². The molecular formula is C21H25N5O4S. The predicted octanol–water partition coefficient (Wildman–Crippen LogP) is 2.44. The first-order chi connectivity index (χ1) is 14.9. The van der Waals surface area contributed by atoms with E-state index in [9.17, 15) is 9.59 Å². The van der Waals surface area contributed by atoms with Crippen LogP contribution in [0.3, 0.4) is 0 Å². The Morgan fingerprint density at radius 1 is 1.39 bits per heavy atom. The first kappa shape index (κ1) is 22.4. The fourth-order valence-corrected chi connectivity index (χ4v) is 4.60. The van der Waals surface area contributed by atoms with E-state index < -0.39 is 0 Å². The summed E-state index contributed by atoms with van der Waals surface area (Å²) in [5, 5.41) is 17.7. The standard InChI is InChI=1S/C20H23N5O2S.CH2O2/c1-12-15(13(2)24-23-12)6-5-9-21-19(27)14-10-18(26)25(11-14)20-22-16-7-3-4-8-17(16)28-20;2-1-3/h3-4,7-8,14H,5-6,9-11H2,1-2H3,(H,21,27)(H,23,24);1H,(H,2,3). The molecule has 0 radical (unpaired) electrons. The minimum atomic E-state index is -0.322. The monoisotopic (exact) mass is 443 g/mol. The summed E-state index contributed by atoms with van der Waals surface area (Å²) in [7, 11) is 0. The number of anilines is 1. The Labute approximate surface area is 183 Å². The highest BCUT2D eigenvalue weighted by Crippen LogP contribution is 2.32. The van der Waals surface area contributed by atoms with Crippen molar-refractivity contribution in [3.63, 3.8) is 0 Å². The fourth-order valence-electron chi connectivity index (χ4n) is 3.61. The molecule has 1 saturated heterocycles. The second-order valence-electron chi connectivity index (χ2n) is 7.28. The molecule has 31 heavy (non-hydrogen) atoms. The van der Waals surface area contributed by atoms with E-state index in [0.717, 1.165) is 34.4 Å². The van der Waals surface area contributed by atoms with Gasteiger partial charge in [0.2, 0.25) is 11.8 Å². The third kappa shape index (κ3) is 5.26. The Hall–Kier alpha value is -3.27. The third-order valence-corrected chi connectivity index (χ3v) is 6.25. The zero-order chi connectivity index (χ0) is 22.4. The summed E-state index contributed by atoms with van der Waals surface area (Å²) in [5.41, 5.74) is 4.19. The number of nitrogens with one attached hydrogen (secondary N) is 2. The van der Waals surface area contributed by atoms with E-state index in [1.165, 1.54) is 16.9 Å². The van der Waals surface area contributed by atoms with E-state index in [1.54, 1.807) is 4.90 Å². The number of carboxylic acid groups (broad SMARTS) is 1. The smallest absolute Gasteiger partial charge is 0.290 e. The highest BCUT2D eigenvalue weighted by atomic mass is 32.1. The molecular weight excluding hydrogens is 418 g/mol. The van der Waals surface area contributed by atoms with Gasteiger partial charge >= 0.3 is 0 Å². The molecule has 1 aliphatic heterocycles. The second kappa shape index (κ2) is 10.2. The number of para-hydroxylation sites is 1. The summed E-state index contributed by atoms with van der Waals surface area (Å²) in [6, 6.07) is 7.81. The second-order valence-corrected chi connectivity index (χ2v) is 8.29. The predicted molar refractivity (Wildman–Crippen MR) is 118 cm³/mol. The van der Waals surface area contributed by atoms with E-state index in [2.05, 4.69) is 20.5 Å². The SMILES string of the molecule is Cc1n[nH]c(C)c1CCCNC(=O)C1CC(=O)N(c2nc3ccccc3s2)C1.O=CO. The Kier molecular flexibility index (Phi) is 7.35. The number of amides is 2. The lowest BCUT2D eigenvalue weighted by Gasteiger charge is -2.13. The van der Waals surface area contributed by atoms with Crippen LogP contribution in [0.25, 0.3) is 10.2 Å². The van der Waals surface area contributed by atoms with Gasteiger partial charge in [-0.1, -0.05) is 23.5 Å². The highest BCUT2D eigenvalue weighted by Gasteiger charge is 2.36. The van der Waals surface area contributed by atoms with Crippen LogP contribution >= 0.6 is 11.3 Å². The van der Waals surface area contributed by atoms with Crippen LogP contribution in [-0.2, 0) is 20.8 Å². The van der Waals surface area contributed by atoms with E-state index in [-0.39, 0.29) is 30.6 Å². The normalized spacial score (nSPS) is 15.6. The van der Waals surface area contributed by atoms with Gasteiger partial charge in [-0.05, 0) is 44.4 Å². The summed E-state index contributed by atoms with van der Waals surface area (Å²) in [5.74, 6) is -0.418. The van der Waals surface area contributed by atoms with Crippen molar-refractivity contribution in [2.24, 2.45) is 5.92 Å². The van der Waals surface area contributed by atoms with Gasteiger partial charge < -0.3 is 10.4 Å². The van der Waals surface area contributed by atoms with Gasteiger partial charge in [-0.2, -0.15) is 5.10 Å². The molecule has 0 saturated carbocycles. The molecule has 1 aliphatic rings. The molecule has 4 rings (SSSR count). The minimum absolute atomic E-state index is 0.0381. The summed E-state index contributed by atoms with van der Waals surface area (Å²) in [6.45, 7) is 4.73. The Morgan fingerprint density at radius 2 is 2.13 bits per heavy atom. The van der Waals surface area contributed by atoms with Crippen LogP contribution in [-0.4, -0.2) is 51.7 Å². The molecule has 1 fully saturated rings. The summed E-state index contributed by atoms with van der Waals surface area (Å²) in [6.07, 6.45) is 1.95. The van der Waals surface area contributed by atoms with Crippen molar-refractivity contribution in [3.8, 4) is 0 Å². The van der Waals surface area contributed by atoms with Crippen LogP contribution in [0.5, 0.6) is 0 Å². The van der Waals surface area contributed by atoms with Crippen molar-refractivity contribution in [1.82, 2.24) is 20.5 Å². The number of carbonyl (C=O) groups excluding carboxylic acids is 2. The van der Waals surface area contributed by atoms with E-state index in [1.807, 2.05) is 38.1 Å². The molecule has 2 amide bonds. The number of H-pyrrole nitrogens is 1. The lowest BCUT2D eigenvalue weighted by molar-refractivity contribution is -0.126. The number of thiazole rings is 1. The lowest BCUT2D eigenvalue weighted by atomic mass is 10.1. The number of aryl methyl sites for hydroxylation is 2. The maximum Gasteiger partial charge on any atom is 0.290 e. The van der Waals surface area contributed by atoms with Crippen molar-refractivity contribution in [1.29, 1.82) is 0 Å². The van der Waals surface area contributed by atoms with Gasteiger partial charge in [0.1, 0.15) is 0 Å². The van der Waals surface area contributed by atoms with Crippen LogP contribution in [0.1, 0.15) is 29.8 Å². The van der Waals surface area contributed by atoms with Gasteiger partial charge in [0.15, 0.2) is 5.13 Å². The number of aromatic amines is 1. The quantitative estimate of drug-likeness (QED) is 0.396. The van der Waals surface area contributed by atoms with Gasteiger partial charge in [-0.15, -0.1) is 0 Å². The van der Waals surface area contributed by atoms with Gasteiger partial charge in [-0.3, -0.25) is 24.4 Å². The number of benzene rings is 1. The van der Waals surface area contributed by atoms with Crippen molar-refractivity contribution < 1.29 is 19.5 Å². The van der Waals surface area contributed by atoms with E-state index >= 15 is 0 Å². The molecule has 10 heteroatoms. The molecule has 1 aromatic carbocycles. The molecule has 3 heterocycles. The molecule has 2 aromatic heterocycles. The summed E-state index contributed by atoms with van der Waals surface area (Å²) < 4.78 is 1.04. The zero-order valence-corrected chi connectivity index (χ0v) is 18.2. The molecule has 9 nitrogen and oxygen atoms in total. The highest BCUT2D eigenvalue weighted by molar-refractivity contribution is 7.22. The van der Waals surface area contributed by atoms with Gasteiger partial charge in [0.25, 0.3) is 6.47 Å². The number of rotatable bonds is 6. The first-order valence-electron chi connectivity index (χ1n) is 9.96. The van der Waals surface area contributed by atoms with Crippen LogP contribution in [0.2, 0.25) is 0 Å². The van der Waals surface area contributed by atoms with Crippen molar-refractivity contribution in [2.45, 2.75) is 33.1 Å². The maximum atomic E-state index is 12.5. The van der Waals surface area contributed by atoms with E-state index in [0.29, 0.717) is 18.2 Å². The molecule has 164 valence electrons. The van der Waals surface area contributed by atoms with Crippen LogP contribution in [0, 0.1) is 19.8 Å². The van der Waals surface area contributed by atoms with Gasteiger partial charge in [0.05, 0.1) is 21.8 Å². The Morgan fingerprint density at radius 3 is 2.81 bits per heavy atom. The average molecular weight is 444 g/mol. The Balaban J connectivity index is 0.000000858. The molecule has 3 N–H and O–H groups in total. The third-order valence-electron chi connectivity index (χ3n) is 5.19. The number of carbonyl (C=O) groups is 3. The number of aromatic nitrogens is 3. The molecule has 0 bridgehead atoms. The van der Waals surface area contributed by atoms with Crippen LogP contribution in [0.4, 0.5) is 5.13 Å². The topological polar surface area (TPSA) is 128 Å². The summed E-state index contributed by atoms with van der Waals surface area (Å²) >= 11 is 1.49. The van der Waals surface area contributed by atoms with Crippen molar-refractivity contribution >= 4 is 45.0 Å². The van der Waals surface area contributed by atoms with Crippen LogP contribution in [0.15, 0.2) is 24.3 Å². The number of hydrogen-bond acceptors (Lipinski definition) is 6. The van der Waals surface area contributed by atoms with Crippen LogP contribution < -0.4 is 10.2 Å². The zero-order valence-electron chi connectivity index (χ0n) is 17.4. The van der Waals surface area contributed by atoms with Gasteiger partial charge in [-0.25, -0.2) is 4.98 Å². The number of fused-ring (bicyclic) bond motifs is 1. The average Bonchev–Trinajstić information content (AvgIpc) is 3.43. The molecule has 3 aromatic rings. The number of hydrogen-bond donors (Lipinski definition) is 3. The van der Waals surface area contributed by atoms with E-state index in [4.69, 9.17) is 9.90 Å². The summed E-state index contributed by atoms with van der Waals surface area (Å²) in [4.78, 5) is 39.5. The van der Waals surface area contributed by atoms with Gasteiger partial charge in [0, 0.05) is 25.2 Å². The largest absolute Gasteiger partial charge is 0.483 e.